The number of amides is 1. The molecule has 0 atom stereocenters. The summed E-state index contributed by atoms with van der Waals surface area (Å²) in [5, 5.41) is 19.0. The van der Waals surface area contributed by atoms with Gasteiger partial charge >= 0.3 is 0 Å². The summed E-state index contributed by atoms with van der Waals surface area (Å²) in [6.45, 7) is 3.70. The van der Waals surface area contributed by atoms with Crippen LogP contribution in [-0.2, 0) is 0 Å². The van der Waals surface area contributed by atoms with Crippen LogP contribution in [0.3, 0.4) is 0 Å². The van der Waals surface area contributed by atoms with Gasteiger partial charge in [0.15, 0.2) is 5.75 Å². The van der Waals surface area contributed by atoms with Crippen LogP contribution in [0.25, 0.3) is 10.8 Å². The molecule has 0 aliphatic rings. The van der Waals surface area contributed by atoms with E-state index in [9.17, 15) is 9.90 Å². The number of nitrogens with one attached hydrogen (secondary N) is 3. The van der Waals surface area contributed by atoms with Crippen molar-refractivity contribution >= 4 is 34.1 Å². The first-order chi connectivity index (χ1) is 14.0. The highest BCUT2D eigenvalue weighted by molar-refractivity contribution is 6.12. The standard InChI is InChI=1S/C21H19N5O3/c1-12-13(2)26-29-21(12)25-24-18-15-8-4-3-7-14(15)11-16(19(18)27)20(28)23-17-9-5-6-10-22-17/h3-11,24-25,27H,1-2H3,(H,22,23,28). The van der Waals surface area contributed by atoms with E-state index in [2.05, 4.69) is 26.3 Å². The first kappa shape index (κ1) is 18.3. The van der Waals surface area contributed by atoms with Gasteiger partial charge in [0.2, 0.25) is 5.88 Å². The minimum Gasteiger partial charge on any atom is -0.505 e. The van der Waals surface area contributed by atoms with Gasteiger partial charge in [0.25, 0.3) is 5.91 Å². The van der Waals surface area contributed by atoms with Gasteiger partial charge in [-0.2, -0.15) is 0 Å². The summed E-state index contributed by atoms with van der Waals surface area (Å²) in [7, 11) is 0. The molecule has 0 aliphatic heterocycles. The molecule has 4 rings (SSSR count). The van der Waals surface area contributed by atoms with Gasteiger partial charge in [-0.15, -0.1) is 0 Å². The van der Waals surface area contributed by atoms with Crippen molar-refractivity contribution in [3.63, 3.8) is 0 Å². The van der Waals surface area contributed by atoms with E-state index in [1.165, 1.54) is 0 Å². The van der Waals surface area contributed by atoms with Crippen molar-refractivity contribution in [1.82, 2.24) is 10.1 Å². The Morgan fingerprint density at radius 3 is 2.59 bits per heavy atom. The van der Waals surface area contributed by atoms with Gasteiger partial charge in [-0.25, -0.2) is 4.98 Å². The summed E-state index contributed by atoms with van der Waals surface area (Å²) in [6.07, 6.45) is 1.58. The number of anilines is 3. The van der Waals surface area contributed by atoms with Crippen LogP contribution in [0.5, 0.6) is 5.75 Å². The molecule has 0 saturated heterocycles. The number of hydrogen-bond acceptors (Lipinski definition) is 7. The molecule has 8 nitrogen and oxygen atoms in total. The molecule has 8 heteroatoms. The van der Waals surface area contributed by atoms with Crippen LogP contribution in [0.2, 0.25) is 0 Å². The molecule has 2 aromatic heterocycles. The molecule has 0 unspecified atom stereocenters. The second kappa shape index (κ2) is 7.51. The Balaban J connectivity index is 1.71. The minimum atomic E-state index is -0.471. The van der Waals surface area contributed by atoms with E-state index in [1.54, 1.807) is 30.5 Å². The summed E-state index contributed by atoms with van der Waals surface area (Å²) < 4.78 is 5.23. The van der Waals surface area contributed by atoms with Gasteiger partial charge < -0.3 is 14.9 Å². The predicted molar refractivity (Wildman–Crippen MR) is 111 cm³/mol. The van der Waals surface area contributed by atoms with Gasteiger partial charge in [0, 0.05) is 17.1 Å². The predicted octanol–water partition coefficient (Wildman–Crippen LogP) is 4.24. The van der Waals surface area contributed by atoms with Crippen LogP contribution in [0.1, 0.15) is 21.6 Å². The second-order valence-corrected chi connectivity index (χ2v) is 6.51. The molecule has 2 heterocycles. The highest BCUT2D eigenvalue weighted by Crippen LogP contribution is 2.36. The molecule has 146 valence electrons. The molecule has 4 aromatic rings. The fourth-order valence-corrected chi connectivity index (χ4v) is 2.91. The number of aryl methyl sites for hydroxylation is 1. The summed E-state index contributed by atoms with van der Waals surface area (Å²) in [6, 6.07) is 14.2. The third-order valence-corrected chi connectivity index (χ3v) is 4.63. The molecular formula is C21H19N5O3. The molecule has 1 amide bonds. The first-order valence-corrected chi connectivity index (χ1v) is 8.96. The van der Waals surface area contributed by atoms with Gasteiger partial charge in [-0.05, 0) is 37.4 Å². The minimum absolute atomic E-state index is 0.115. The summed E-state index contributed by atoms with van der Waals surface area (Å²) in [5.41, 5.74) is 7.93. The van der Waals surface area contributed by atoms with E-state index in [0.29, 0.717) is 17.4 Å². The van der Waals surface area contributed by atoms with Crippen molar-refractivity contribution in [3.05, 3.63) is 71.5 Å². The highest BCUT2D eigenvalue weighted by atomic mass is 16.5. The van der Waals surface area contributed by atoms with Crippen LogP contribution in [0.15, 0.2) is 59.3 Å². The lowest BCUT2D eigenvalue weighted by Gasteiger charge is -2.15. The van der Waals surface area contributed by atoms with Gasteiger partial charge in [0.05, 0.1) is 11.3 Å². The molecule has 4 N–H and O–H groups in total. The third-order valence-electron chi connectivity index (χ3n) is 4.63. The zero-order valence-electron chi connectivity index (χ0n) is 15.9. The van der Waals surface area contributed by atoms with E-state index >= 15 is 0 Å². The van der Waals surface area contributed by atoms with E-state index in [0.717, 1.165) is 22.0 Å². The number of hydrogen-bond donors (Lipinski definition) is 4. The first-order valence-electron chi connectivity index (χ1n) is 8.96. The van der Waals surface area contributed by atoms with Crippen molar-refractivity contribution in [1.29, 1.82) is 0 Å². The molecule has 0 spiro atoms. The van der Waals surface area contributed by atoms with E-state index in [1.807, 2.05) is 38.1 Å². The Kier molecular flexibility index (Phi) is 4.74. The number of aromatic hydroxyl groups is 1. The number of phenolic OH excluding ortho intramolecular Hbond substituents is 1. The number of carbonyl (C=O) groups excluding carboxylic acids is 1. The smallest absolute Gasteiger partial charge is 0.260 e. The quantitative estimate of drug-likeness (QED) is 0.298. The van der Waals surface area contributed by atoms with Crippen molar-refractivity contribution in [2.45, 2.75) is 13.8 Å². The lowest BCUT2D eigenvalue weighted by molar-refractivity contribution is 0.102. The average molecular weight is 389 g/mol. The molecule has 2 aromatic carbocycles. The molecule has 0 aliphatic carbocycles. The number of carbonyl (C=O) groups is 1. The molecule has 0 radical (unpaired) electrons. The molecule has 0 bridgehead atoms. The van der Waals surface area contributed by atoms with Crippen molar-refractivity contribution in [2.75, 3.05) is 16.2 Å². The molecule has 0 fully saturated rings. The van der Waals surface area contributed by atoms with Crippen LogP contribution in [-0.4, -0.2) is 21.2 Å². The molecular weight excluding hydrogens is 370 g/mol. The van der Waals surface area contributed by atoms with E-state index < -0.39 is 5.91 Å². The maximum absolute atomic E-state index is 12.8. The number of nitrogens with zero attached hydrogens (tertiary/aromatic N) is 2. The monoisotopic (exact) mass is 389 g/mol. The Bertz CT molecular complexity index is 1190. The van der Waals surface area contributed by atoms with Gasteiger partial charge in [-0.3, -0.25) is 15.6 Å². The lowest BCUT2D eigenvalue weighted by Crippen LogP contribution is -2.15. The van der Waals surface area contributed by atoms with E-state index in [4.69, 9.17) is 4.52 Å². The van der Waals surface area contributed by atoms with Crippen LogP contribution in [0.4, 0.5) is 17.4 Å². The SMILES string of the molecule is Cc1noc(NNc2c(O)c(C(=O)Nc3ccccn3)cc3ccccc23)c1C. The summed E-state index contributed by atoms with van der Waals surface area (Å²) in [5.74, 6) is 0.153. The van der Waals surface area contributed by atoms with Crippen LogP contribution >= 0.6 is 0 Å². The fraction of sp³-hybridized carbons (Fsp3) is 0.0952. The largest absolute Gasteiger partial charge is 0.505 e. The van der Waals surface area contributed by atoms with Crippen molar-refractivity contribution < 1.29 is 14.4 Å². The number of pyridine rings is 1. The van der Waals surface area contributed by atoms with E-state index in [-0.39, 0.29) is 11.3 Å². The zero-order valence-corrected chi connectivity index (χ0v) is 15.9. The fourth-order valence-electron chi connectivity index (χ4n) is 2.91. The topological polar surface area (TPSA) is 112 Å². The molecule has 0 saturated carbocycles. The Hall–Kier alpha value is -4.07. The van der Waals surface area contributed by atoms with Crippen molar-refractivity contribution in [3.8, 4) is 5.75 Å². The number of fused-ring (bicyclic) bond motifs is 1. The van der Waals surface area contributed by atoms with Gasteiger partial charge in [0.1, 0.15) is 11.5 Å². The Morgan fingerprint density at radius 2 is 1.86 bits per heavy atom. The number of phenols is 1. The number of rotatable bonds is 5. The van der Waals surface area contributed by atoms with Crippen LogP contribution < -0.4 is 16.2 Å². The Labute approximate surface area is 166 Å². The maximum Gasteiger partial charge on any atom is 0.260 e. The highest BCUT2D eigenvalue weighted by Gasteiger charge is 2.19. The summed E-state index contributed by atoms with van der Waals surface area (Å²) >= 11 is 0. The Morgan fingerprint density at radius 1 is 1.07 bits per heavy atom. The van der Waals surface area contributed by atoms with Crippen LogP contribution in [0, 0.1) is 13.8 Å². The maximum atomic E-state index is 12.8. The van der Waals surface area contributed by atoms with Crippen molar-refractivity contribution in [2.24, 2.45) is 0 Å². The number of hydrazine groups is 1. The van der Waals surface area contributed by atoms with Gasteiger partial charge in [-0.1, -0.05) is 35.5 Å². The normalized spacial score (nSPS) is 10.7. The summed E-state index contributed by atoms with van der Waals surface area (Å²) in [4.78, 5) is 16.9. The third kappa shape index (κ3) is 3.55. The molecule has 29 heavy (non-hydrogen) atoms. The number of aromatic nitrogens is 2. The zero-order chi connectivity index (χ0) is 20.4. The second-order valence-electron chi connectivity index (χ2n) is 6.51. The lowest BCUT2D eigenvalue weighted by atomic mass is 10.0. The number of benzene rings is 2. The average Bonchev–Trinajstić information content (AvgIpc) is 3.05.